The lowest BCUT2D eigenvalue weighted by atomic mass is 9.89. The summed E-state index contributed by atoms with van der Waals surface area (Å²) in [5, 5.41) is 3.97. The third kappa shape index (κ3) is 3.51. The number of aromatic nitrogens is 6. The Bertz CT molecular complexity index is 1670. The molecule has 0 bridgehead atoms. The highest BCUT2D eigenvalue weighted by atomic mass is 32.2. The maximum Gasteiger partial charge on any atom is 0.274 e. The van der Waals surface area contributed by atoms with Crippen LogP contribution in [-0.2, 0) is 18.6 Å². The molecule has 0 aliphatic heterocycles. The molecule has 1 aliphatic rings. The number of para-hydroxylation sites is 1. The number of nitrogens with one attached hydrogen (secondary N) is 1. The van der Waals surface area contributed by atoms with E-state index in [0.717, 1.165) is 40.7 Å². The van der Waals surface area contributed by atoms with E-state index in [-0.39, 0.29) is 22.8 Å². The summed E-state index contributed by atoms with van der Waals surface area (Å²) in [5.74, 6) is 1.30. The SMILES string of the molecule is CC1CCc2c(sc3nc(SCc4cc(=O)n5[nH]c(N)nc5n4)n(-c4ccccc4)c(=O)c23)C1. The summed E-state index contributed by atoms with van der Waals surface area (Å²) >= 11 is 3.00. The van der Waals surface area contributed by atoms with Crippen LogP contribution < -0.4 is 16.9 Å². The molecule has 5 aromatic rings. The zero-order valence-corrected chi connectivity index (χ0v) is 19.9. The predicted molar refractivity (Wildman–Crippen MR) is 134 cm³/mol. The number of aryl methyl sites for hydroxylation is 1. The predicted octanol–water partition coefficient (Wildman–Crippen LogP) is 3.18. The Kier molecular flexibility index (Phi) is 5.03. The molecule has 172 valence electrons. The lowest BCUT2D eigenvalue weighted by molar-refractivity contribution is 0.509. The standard InChI is InChI=1S/C23H21N7O2S2/c1-12-7-8-15-16(9-12)34-19-18(15)20(32)29(14-5-3-2-4-6-14)23(26-19)33-11-13-10-17(31)30-22(25-13)27-21(24)28-30/h2-6,10,12H,7-9,11H2,1H3,(H3,24,25,27,28). The first-order chi connectivity index (χ1) is 16.5. The van der Waals surface area contributed by atoms with E-state index in [9.17, 15) is 9.59 Å². The van der Waals surface area contributed by atoms with Crippen molar-refractivity contribution in [2.75, 3.05) is 5.73 Å². The van der Waals surface area contributed by atoms with Crippen LogP contribution in [0.4, 0.5) is 5.95 Å². The monoisotopic (exact) mass is 491 g/mol. The number of hydrogen-bond donors (Lipinski definition) is 2. The molecule has 0 fully saturated rings. The Morgan fingerprint density at radius 3 is 2.85 bits per heavy atom. The molecule has 1 unspecified atom stereocenters. The summed E-state index contributed by atoms with van der Waals surface area (Å²) in [6.45, 7) is 2.25. The highest BCUT2D eigenvalue weighted by Gasteiger charge is 2.25. The summed E-state index contributed by atoms with van der Waals surface area (Å²) in [7, 11) is 0. The lowest BCUT2D eigenvalue weighted by Gasteiger charge is -2.17. The number of aromatic amines is 1. The van der Waals surface area contributed by atoms with Crippen molar-refractivity contribution in [1.29, 1.82) is 0 Å². The van der Waals surface area contributed by atoms with Crippen LogP contribution in [0.15, 0.2) is 51.1 Å². The van der Waals surface area contributed by atoms with Crippen molar-refractivity contribution in [1.82, 2.24) is 29.1 Å². The van der Waals surface area contributed by atoms with Gasteiger partial charge in [0.25, 0.3) is 16.9 Å². The maximum atomic E-state index is 13.8. The minimum atomic E-state index is -0.297. The number of nitrogen functional groups attached to an aromatic ring is 1. The van der Waals surface area contributed by atoms with Crippen LogP contribution in [-0.4, -0.2) is 29.1 Å². The summed E-state index contributed by atoms with van der Waals surface area (Å²) in [4.78, 5) is 41.7. The molecule has 0 saturated heterocycles. The number of nitrogens with zero attached hydrogens (tertiary/aromatic N) is 5. The van der Waals surface area contributed by atoms with Gasteiger partial charge in [-0.2, -0.15) is 9.50 Å². The largest absolute Gasteiger partial charge is 0.368 e. The highest BCUT2D eigenvalue weighted by molar-refractivity contribution is 7.98. The van der Waals surface area contributed by atoms with Crippen LogP contribution in [0.5, 0.6) is 0 Å². The maximum absolute atomic E-state index is 13.8. The van der Waals surface area contributed by atoms with Crippen LogP contribution in [0.1, 0.15) is 29.5 Å². The van der Waals surface area contributed by atoms with Gasteiger partial charge in [0.2, 0.25) is 5.95 Å². The number of anilines is 1. The molecule has 1 aliphatic carbocycles. The number of fused-ring (bicyclic) bond motifs is 4. The average molecular weight is 492 g/mol. The number of thiophene rings is 1. The van der Waals surface area contributed by atoms with Gasteiger partial charge in [0.1, 0.15) is 4.83 Å². The van der Waals surface area contributed by atoms with Crippen molar-refractivity contribution in [3.05, 3.63) is 73.2 Å². The fraction of sp³-hybridized carbons (Fsp3) is 0.261. The molecule has 4 heterocycles. The van der Waals surface area contributed by atoms with E-state index in [4.69, 9.17) is 10.7 Å². The van der Waals surface area contributed by atoms with E-state index >= 15 is 0 Å². The normalized spacial score (nSPS) is 15.7. The molecule has 0 saturated carbocycles. The molecule has 11 heteroatoms. The molecule has 1 atom stereocenters. The molecular weight excluding hydrogens is 470 g/mol. The molecular formula is C23H21N7O2S2. The lowest BCUT2D eigenvalue weighted by Crippen LogP contribution is -2.22. The second-order valence-corrected chi connectivity index (χ2v) is 10.5. The van der Waals surface area contributed by atoms with Gasteiger partial charge >= 0.3 is 0 Å². The van der Waals surface area contributed by atoms with Crippen LogP contribution in [0.3, 0.4) is 0 Å². The Labute approximate surface area is 201 Å². The smallest absolute Gasteiger partial charge is 0.274 e. The van der Waals surface area contributed by atoms with E-state index in [2.05, 4.69) is 22.0 Å². The molecule has 9 nitrogen and oxygen atoms in total. The Hall–Kier alpha value is -3.44. The second-order valence-electron chi connectivity index (χ2n) is 8.52. The van der Waals surface area contributed by atoms with Gasteiger partial charge in [-0.3, -0.25) is 19.3 Å². The molecule has 34 heavy (non-hydrogen) atoms. The quantitative estimate of drug-likeness (QED) is 0.292. The Morgan fingerprint density at radius 2 is 2.03 bits per heavy atom. The van der Waals surface area contributed by atoms with Gasteiger partial charge in [0.15, 0.2) is 5.16 Å². The summed E-state index contributed by atoms with van der Waals surface area (Å²) in [6.07, 6.45) is 2.99. The fourth-order valence-electron chi connectivity index (χ4n) is 4.43. The van der Waals surface area contributed by atoms with Gasteiger partial charge in [-0.05, 0) is 42.9 Å². The third-order valence-corrected chi connectivity index (χ3v) is 8.18. The van der Waals surface area contributed by atoms with Crippen molar-refractivity contribution >= 4 is 45.0 Å². The first-order valence-corrected chi connectivity index (χ1v) is 12.8. The summed E-state index contributed by atoms with van der Waals surface area (Å²) < 4.78 is 2.88. The minimum Gasteiger partial charge on any atom is -0.368 e. The molecule has 1 aromatic carbocycles. The molecule has 6 rings (SSSR count). The Morgan fingerprint density at radius 1 is 1.21 bits per heavy atom. The van der Waals surface area contributed by atoms with Gasteiger partial charge in [0, 0.05) is 16.7 Å². The number of thioether (sulfide) groups is 1. The van der Waals surface area contributed by atoms with Crippen molar-refractivity contribution in [3.63, 3.8) is 0 Å². The van der Waals surface area contributed by atoms with E-state index in [1.54, 1.807) is 15.9 Å². The molecule has 4 aromatic heterocycles. The van der Waals surface area contributed by atoms with Crippen LogP contribution in [0.2, 0.25) is 0 Å². The van der Waals surface area contributed by atoms with Gasteiger partial charge < -0.3 is 5.73 Å². The number of H-pyrrole nitrogens is 1. The molecule has 0 radical (unpaired) electrons. The average Bonchev–Trinajstić information content (AvgIpc) is 3.37. The van der Waals surface area contributed by atoms with E-state index in [1.807, 2.05) is 30.3 Å². The number of nitrogens with two attached hydrogens (primary N) is 1. The summed E-state index contributed by atoms with van der Waals surface area (Å²) in [6, 6.07) is 11.0. The van der Waals surface area contributed by atoms with E-state index < -0.39 is 0 Å². The van der Waals surface area contributed by atoms with Gasteiger partial charge in [-0.15, -0.1) is 11.3 Å². The molecule has 3 N–H and O–H groups in total. The van der Waals surface area contributed by atoms with Gasteiger partial charge in [-0.1, -0.05) is 36.9 Å². The zero-order valence-electron chi connectivity index (χ0n) is 18.3. The number of benzene rings is 1. The minimum absolute atomic E-state index is 0.0469. The Balaban J connectivity index is 1.47. The van der Waals surface area contributed by atoms with E-state index in [1.165, 1.54) is 27.2 Å². The van der Waals surface area contributed by atoms with Crippen molar-refractivity contribution in [2.24, 2.45) is 5.92 Å². The molecule has 0 amide bonds. The molecule has 0 spiro atoms. The van der Waals surface area contributed by atoms with Crippen LogP contribution >= 0.6 is 23.1 Å². The third-order valence-electron chi connectivity index (χ3n) is 6.06. The van der Waals surface area contributed by atoms with Crippen molar-refractivity contribution < 1.29 is 0 Å². The number of hydrogen-bond acceptors (Lipinski definition) is 8. The van der Waals surface area contributed by atoms with Crippen LogP contribution in [0.25, 0.3) is 21.7 Å². The summed E-state index contributed by atoms with van der Waals surface area (Å²) in [5.41, 5.74) is 7.77. The van der Waals surface area contributed by atoms with Gasteiger partial charge in [-0.25, -0.2) is 9.97 Å². The van der Waals surface area contributed by atoms with Crippen molar-refractivity contribution in [2.45, 2.75) is 37.1 Å². The van der Waals surface area contributed by atoms with Gasteiger partial charge in [0.05, 0.1) is 16.8 Å². The fourth-order valence-corrected chi connectivity index (χ4v) is 6.76. The van der Waals surface area contributed by atoms with E-state index in [0.29, 0.717) is 22.5 Å². The highest BCUT2D eigenvalue weighted by Crippen LogP contribution is 2.37. The topological polar surface area (TPSA) is 124 Å². The van der Waals surface area contributed by atoms with Crippen molar-refractivity contribution in [3.8, 4) is 5.69 Å². The number of rotatable bonds is 4. The first-order valence-electron chi connectivity index (χ1n) is 11.0. The zero-order chi connectivity index (χ0) is 23.4. The van der Waals surface area contributed by atoms with Crippen LogP contribution in [0, 0.1) is 5.92 Å². The second kappa shape index (κ2) is 8.10. The first kappa shape index (κ1) is 21.1.